The number of aromatic nitrogens is 1. The number of anilines is 1. The van der Waals surface area contributed by atoms with Gasteiger partial charge in [-0.1, -0.05) is 30.3 Å². The minimum Gasteiger partial charge on any atom is -0.445 e. The van der Waals surface area contributed by atoms with Crippen LogP contribution in [0.15, 0.2) is 47.8 Å². The van der Waals surface area contributed by atoms with Gasteiger partial charge in [-0.05, 0) is 68.0 Å². The molecule has 4 rings (SSSR count). The Bertz CT molecular complexity index is 1100. The summed E-state index contributed by atoms with van der Waals surface area (Å²) in [5.41, 5.74) is 6.50. The number of rotatable bonds is 5. The van der Waals surface area contributed by atoms with E-state index in [2.05, 4.69) is 43.2 Å². The number of thiazole rings is 1. The molecule has 1 N–H and O–H groups in total. The Balaban J connectivity index is 1.39. The fourth-order valence-corrected chi connectivity index (χ4v) is 4.62. The molecule has 1 atom stereocenters. The number of carbonyl (C=O) groups excluding carboxylic acids is 2. The first kappa shape index (κ1) is 22.0. The van der Waals surface area contributed by atoms with Crippen molar-refractivity contribution in [2.75, 3.05) is 11.9 Å². The van der Waals surface area contributed by atoms with Crippen LogP contribution in [0.5, 0.6) is 0 Å². The molecule has 1 fully saturated rings. The van der Waals surface area contributed by atoms with Crippen LogP contribution < -0.4 is 5.32 Å². The number of likely N-dealkylation sites (tertiary alicyclic amines) is 1. The predicted octanol–water partition coefficient (Wildman–Crippen LogP) is 5.48. The van der Waals surface area contributed by atoms with Gasteiger partial charge in [0.05, 0.1) is 5.69 Å². The van der Waals surface area contributed by atoms with Crippen LogP contribution in [0.4, 0.5) is 9.93 Å². The summed E-state index contributed by atoms with van der Waals surface area (Å²) >= 11 is 1.39. The number of hydrogen-bond acceptors (Lipinski definition) is 5. The average molecular weight is 450 g/mol. The zero-order chi connectivity index (χ0) is 22.7. The van der Waals surface area contributed by atoms with E-state index >= 15 is 0 Å². The van der Waals surface area contributed by atoms with Gasteiger partial charge in [0.2, 0.25) is 5.91 Å². The summed E-state index contributed by atoms with van der Waals surface area (Å²) in [4.78, 5) is 31.6. The van der Waals surface area contributed by atoms with Crippen LogP contribution in [-0.4, -0.2) is 34.5 Å². The summed E-state index contributed by atoms with van der Waals surface area (Å²) in [6, 6.07) is 13.2. The lowest BCUT2D eigenvalue weighted by Gasteiger charge is -2.22. The van der Waals surface area contributed by atoms with E-state index in [1.807, 2.05) is 35.7 Å². The number of benzene rings is 2. The van der Waals surface area contributed by atoms with E-state index in [-0.39, 0.29) is 12.5 Å². The number of aryl methyl sites for hydroxylation is 2. The third-order valence-corrected chi connectivity index (χ3v) is 6.71. The van der Waals surface area contributed by atoms with Crippen LogP contribution in [0, 0.1) is 20.8 Å². The molecule has 1 aliphatic heterocycles. The van der Waals surface area contributed by atoms with Crippen molar-refractivity contribution in [1.82, 2.24) is 9.88 Å². The largest absolute Gasteiger partial charge is 0.445 e. The fraction of sp³-hybridized carbons (Fsp3) is 0.320. The van der Waals surface area contributed by atoms with Crippen molar-refractivity contribution in [1.29, 1.82) is 0 Å². The van der Waals surface area contributed by atoms with Gasteiger partial charge in [-0.3, -0.25) is 9.69 Å². The van der Waals surface area contributed by atoms with Gasteiger partial charge in [0.1, 0.15) is 12.6 Å². The van der Waals surface area contributed by atoms with Gasteiger partial charge >= 0.3 is 6.09 Å². The highest BCUT2D eigenvalue weighted by molar-refractivity contribution is 7.14. The summed E-state index contributed by atoms with van der Waals surface area (Å²) in [5.74, 6) is -0.226. The smallest absolute Gasteiger partial charge is 0.410 e. The summed E-state index contributed by atoms with van der Waals surface area (Å²) < 4.78 is 5.43. The first-order valence-corrected chi connectivity index (χ1v) is 11.6. The lowest BCUT2D eigenvalue weighted by Crippen LogP contribution is -2.43. The van der Waals surface area contributed by atoms with Gasteiger partial charge < -0.3 is 10.1 Å². The van der Waals surface area contributed by atoms with Gasteiger partial charge in [0.15, 0.2) is 5.13 Å². The fourth-order valence-electron chi connectivity index (χ4n) is 3.90. The molecule has 1 aliphatic rings. The molecule has 1 saturated heterocycles. The minimum absolute atomic E-state index is 0.190. The molecule has 3 aromatic rings. The normalized spacial score (nSPS) is 15.6. The topological polar surface area (TPSA) is 71.5 Å². The molecule has 0 aliphatic carbocycles. The number of amides is 2. The van der Waals surface area contributed by atoms with Gasteiger partial charge in [0, 0.05) is 17.5 Å². The molecule has 0 bridgehead atoms. The SMILES string of the molecule is Cc1cc(-c2csc(NC(=O)C3CCCN3C(=O)OCc3ccccc3)n2)cc(C)c1C. The predicted molar refractivity (Wildman–Crippen MR) is 127 cm³/mol. The van der Waals surface area contributed by atoms with Gasteiger partial charge in [-0.25, -0.2) is 9.78 Å². The molecule has 0 saturated carbocycles. The van der Waals surface area contributed by atoms with Crippen molar-refractivity contribution in [3.05, 3.63) is 70.1 Å². The molecular formula is C25H27N3O3S. The molecule has 2 aromatic carbocycles. The molecule has 0 spiro atoms. The minimum atomic E-state index is -0.547. The van der Waals surface area contributed by atoms with Crippen LogP contribution >= 0.6 is 11.3 Å². The molecule has 166 valence electrons. The molecule has 1 aromatic heterocycles. The van der Waals surface area contributed by atoms with E-state index in [0.717, 1.165) is 23.2 Å². The third kappa shape index (κ3) is 4.83. The van der Waals surface area contributed by atoms with E-state index in [9.17, 15) is 9.59 Å². The van der Waals surface area contributed by atoms with Crippen molar-refractivity contribution in [3.8, 4) is 11.3 Å². The highest BCUT2D eigenvalue weighted by atomic mass is 32.1. The second kappa shape index (κ2) is 9.53. The van der Waals surface area contributed by atoms with Crippen molar-refractivity contribution >= 4 is 28.5 Å². The van der Waals surface area contributed by atoms with Gasteiger partial charge in [-0.15, -0.1) is 11.3 Å². The maximum absolute atomic E-state index is 12.9. The Labute approximate surface area is 192 Å². The van der Waals surface area contributed by atoms with Gasteiger partial charge in [-0.2, -0.15) is 0 Å². The standard InChI is InChI=1S/C25H27N3O3S/c1-16-12-20(13-17(2)18(16)3)21-15-32-24(26-21)27-23(29)22-10-7-11-28(22)25(30)31-14-19-8-5-4-6-9-19/h4-6,8-9,12-13,15,22H,7,10-11,14H2,1-3H3,(H,26,27,29). The highest BCUT2D eigenvalue weighted by Crippen LogP contribution is 2.29. The zero-order valence-electron chi connectivity index (χ0n) is 18.6. The molecular weight excluding hydrogens is 422 g/mol. The molecule has 6 nitrogen and oxygen atoms in total. The Morgan fingerprint density at radius 1 is 1.16 bits per heavy atom. The number of nitrogens with one attached hydrogen (secondary N) is 1. The maximum Gasteiger partial charge on any atom is 0.410 e. The van der Waals surface area contributed by atoms with E-state index < -0.39 is 12.1 Å². The van der Waals surface area contributed by atoms with Crippen molar-refractivity contribution < 1.29 is 14.3 Å². The first-order chi connectivity index (χ1) is 15.4. The summed E-state index contributed by atoms with van der Waals surface area (Å²) in [5, 5.41) is 5.37. The summed E-state index contributed by atoms with van der Waals surface area (Å²) in [7, 11) is 0. The Hall–Kier alpha value is -3.19. The Kier molecular flexibility index (Phi) is 6.55. The molecule has 0 radical (unpaired) electrons. The van der Waals surface area contributed by atoms with Crippen LogP contribution in [0.3, 0.4) is 0 Å². The monoisotopic (exact) mass is 449 g/mol. The van der Waals surface area contributed by atoms with E-state index in [1.54, 1.807) is 0 Å². The summed E-state index contributed by atoms with van der Waals surface area (Å²) in [6.07, 6.45) is 0.918. The van der Waals surface area contributed by atoms with E-state index in [0.29, 0.717) is 18.1 Å². The molecule has 2 amide bonds. The zero-order valence-corrected chi connectivity index (χ0v) is 19.4. The second-order valence-electron chi connectivity index (χ2n) is 8.15. The quantitative estimate of drug-likeness (QED) is 0.560. The lowest BCUT2D eigenvalue weighted by atomic mass is 9.99. The van der Waals surface area contributed by atoms with Crippen LogP contribution in [-0.2, 0) is 16.1 Å². The molecule has 7 heteroatoms. The maximum atomic E-state index is 12.9. The average Bonchev–Trinajstić information content (AvgIpc) is 3.46. The van der Waals surface area contributed by atoms with Crippen LogP contribution in [0.1, 0.15) is 35.1 Å². The second-order valence-corrected chi connectivity index (χ2v) is 9.01. The van der Waals surface area contributed by atoms with Crippen LogP contribution in [0.25, 0.3) is 11.3 Å². The van der Waals surface area contributed by atoms with E-state index in [4.69, 9.17) is 4.74 Å². The van der Waals surface area contributed by atoms with Crippen molar-refractivity contribution in [3.63, 3.8) is 0 Å². The van der Waals surface area contributed by atoms with Gasteiger partial charge in [0.25, 0.3) is 0 Å². The Morgan fingerprint density at radius 2 is 1.88 bits per heavy atom. The molecule has 1 unspecified atom stereocenters. The first-order valence-electron chi connectivity index (χ1n) is 10.7. The number of carbonyl (C=O) groups is 2. The van der Waals surface area contributed by atoms with Crippen molar-refractivity contribution in [2.45, 2.75) is 46.3 Å². The Morgan fingerprint density at radius 3 is 2.59 bits per heavy atom. The van der Waals surface area contributed by atoms with Crippen LogP contribution in [0.2, 0.25) is 0 Å². The number of ether oxygens (including phenoxy) is 1. The highest BCUT2D eigenvalue weighted by Gasteiger charge is 2.35. The van der Waals surface area contributed by atoms with Crippen molar-refractivity contribution in [2.24, 2.45) is 0 Å². The summed E-state index contributed by atoms with van der Waals surface area (Å²) in [6.45, 7) is 6.99. The number of hydrogen-bond donors (Lipinski definition) is 1. The number of nitrogens with zero attached hydrogens (tertiary/aromatic N) is 2. The molecule has 32 heavy (non-hydrogen) atoms. The lowest BCUT2D eigenvalue weighted by molar-refractivity contribution is -0.120. The molecule has 2 heterocycles. The van der Waals surface area contributed by atoms with E-state index in [1.165, 1.54) is 32.9 Å². The third-order valence-electron chi connectivity index (χ3n) is 5.95.